The Hall–Kier alpha value is -2.13. The number of nitrogens with one attached hydrogen (secondary N) is 1. The van der Waals surface area contributed by atoms with E-state index in [1.54, 1.807) is 0 Å². The van der Waals surface area contributed by atoms with E-state index >= 15 is 0 Å². The first-order chi connectivity index (χ1) is 8.82. The Morgan fingerprint density at radius 3 is 2.63 bits per heavy atom. The van der Waals surface area contributed by atoms with Crippen LogP contribution >= 0.6 is 0 Å². The highest BCUT2D eigenvalue weighted by atomic mass is 19.1. The molecule has 9 heteroatoms. The van der Waals surface area contributed by atoms with Gasteiger partial charge in [0.05, 0.1) is 4.92 Å². The second-order valence-electron chi connectivity index (χ2n) is 3.70. The van der Waals surface area contributed by atoms with Crippen molar-refractivity contribution < 1.29 is 23.6 Å². The van der Waals surface area contributed by atoms with Gasteiger partial charge >= 0.3 is 5.69 Å². The zero-order chi connectivity index (χ0) is 14.6. The van der Waals surface area contributed by atoms with Crippen LogP contribution in [0.15, 0.2) is 12.1 Å². The molecule has 0 radical (unpaired) electrons. The Kier molecular flexibility index (Phi) is 4.84. The summed E-state index contributed by atoms with van der Waals surface area (Å²) >= 11 is 0. The number of nitrogens with zero attached hydrogens (tertiary/aromatic N) is 1. The van der Waals surface area contributed by atoms with E-state index < -0.39 is 34.3 Å². The first kappa shape index (κ1) is 14.9. The van der Waals surface area contributed by atoms with Gasteiger partial charge in [-0.1, -0.05) is 0 Å². The zero-order valence-corrected chi connectivity index (χ0v) is 9.60. The first-order valence-electron chi connectivity index (χ1n) is 5.13. The molecule has 0 aliphatic carbocycles. The van der Waals surface area contributed by atoms with E-state index in [0.717, 1.165) is 6.07 Å². The van der Waals surface area contributed by atoms with Gasteiger partial charge in [-0.05, 0) is 0 Å². The van der Waals surface area contributed by atoms with Gasteiger partial charge in [-0.25, -0.2) is 4.39 Å². The third-order valence-corrected chi connectivity index (χ3v) is 2.29. The Balaban J connectivity index is 2.76. The van der Waals surface area contributed by atoms with Crippen LogP contribution in [0.1, 0.15) is 5.56 Å². The highest BCUT2D eigenvalue weighted by Crippen LogP contribution is 2.21. The maximum atomic E-state index is 13.3. The van der Waals surface area contributed by atoms with Crippen LogP contribution in [0.4, 0.5) is 14.5 Å². The minimum atomic E-state index is -1.46. The van der Waals surface area contributed by atoms with Gasteiger partial charge in [-0.15, -0.1) is 0 Å². The van der Waals surface area contributed by atoms with Gasteiger partial charge in [-0.2, -0.15) is 4.39 Å². The molecule has 19 heavy (non-hydrogen) atoms. The molecule has 0 aromatic heterocycles. The lowest BCUT2D eigenvalue weighted by atomic mass is 10.1. The van der Waals surface area contributed by atoms with Crippen molar-refractivity contribution in [2.45, 2.75) is 12.6 Å². The summed E-state index contributed by atoms with van der Waals surface area (Å²) in [6.45, 7) is -0.475. The molecule has 1 amide bonds. The predicted octanol–water partition coefficient (Wildman–Crippen LogP) is -0.191. The molecule has 0 saturated carbocycles. The molecule has 1 rings (SSSR count). The number of aliphatic hydroxyl groups is 1. The van der Waals surface area contributed by atoms with Crippen molar-refractivity contribution in [1.29, 1.82) is 0 Å². The lowest BCUT2D eigenvalue weighted by Gasteiger charge is -2.09. The normalized spacial score (nSPS) is 12.2. The van der Waals surface area contributed by atoms with Crippen LogP contribution in [-0.2, 0) is 11.3 Å². The second-order valence-corrected chi connectivity index (χ2v) is 3.70. The fourth-order valence-corrected chi connectivity index (χ4v) is 1.30. The number of aliphatic hydroxyl groups excluding tert-OH is 1. The first-order valence-corrected chi connectivity index (χ1v) is 5.13. The van der Waals surface area contributed by atoms with Crippen LogP contribution in [-0.4, -0.2) is 28.6 Å². The third-order valence-electron chi connectivity index (χ3n) is 2.29. The van der Waals surface area contributed by atoms with Crippen molar-refractivity contribution in [3.05, 3.63) is 39.4 Å². The molecule has 1 aromatic carbocycles. The predicted molar refractivity (Wildman–Crippen MR) is 59.9 cm³/mol. The highest BCUT2D eigenvalue weighted by Gasteiger charge is 2.18. The summed E-state index contributed by atoms with van der Waals surface area (Å²) in [7, 11) is 0. The van der Waals surface area contributed by atoms with Gasteiger partial charge in [0, 0.05) is 30.8 Å². The smallest absolute Gasteiger partial charge is 0.305 e. The monoisotopic (exact) mass is 275 g/mol. The van der Waals surface area contributed by atoms with E-state index in [1.807, 2.05) is 0 Å². The lowest BCUT2D eigenvalue weighted by Crippen LogP contribution is -2.37. The third kappa shape index (κ3) is 3.93. The summed E-state index contributed by atoms with van der Waals surface area (Å²) in [4.78, 5) is 20.0. The van der Waals surface area contributed by atoms with E-state index in [-0.39, 0.29) is 18.7 Å². The van der Waals surface area contributed by atoms with Crippen LogP contribution < -0.4 is 11.1 Å². The topological polar surface area (TPSA) is 118 Å². The van der Waals surface area contributed by atoms with E-state index in [4.69, 9.17) is 10.8 Å². The number of benzene rings is 1. The number of nitro benzene ring substituents is 1. The summed E-state index contributed by atoms with van der Waals surface area (Å²) in [5, 5.41) is 22.0. The minimum absolute atomic E-state index is 0.162. The molecule has 0 bridgehead atoms. The van der Waals surface area contributed by atoms with Gasteiger partial charge in [0.2, 0.25) is 11.7 Å². The fourth-order valence-electron chi connectivity index (χ4n) is 1.30. The van der Waals surface area contributed by atoms with E-state index in [0.29, 0.717) is 6.07 Å². The largest absolute Gasteiger partial charge is 0.382 e. The van der Waals surface area contributed by atoms with Crippen LogP contribution in [0.5, 0.6) is 0 Å². The van der Waals surface area contributed by atoms with Crippen molar-refractivity contribution >= 4 is 11.6 Å². The molecule has 0 fully saturated rings. The van der Waals surface area contributed by atoms with Gasteiger partial charge in [0.25, 0.3) is 0 Å². The average Bonchev–Trinajstić information content (AvgIpc) is 2.30. The zero-order valence-electron chi connectivity index (χ0n) is 9.60. The Morgan fingerprint density at radius 2 is 2.11 bits per heavy atom. The molecule has 1 atom stereocenters. The molecule has 1 unspecified atom stereocenters. The van der Waals surface area contributed by atoms with Gasteiger partial charge in [0.15, 0.2) is 0 Å². The molecular formula is C10H11F2N3O4. The van der Waals surface area contributed by atoms with Crippen molar-refractivity contribution in [2.24, 2.45) is 5.73 Å². The molecule has 4 N–H and O–H groups in total. The van der Waals surface area contributed by atoms with Crippen molar-refractivity contribution in [1.82, 2.24) is 5.32 Å². The summed E-state index contributed by atoms with van der Waals surface area (Å²) in [6, 6.07) is 1.15. The lowest BCUT2D eigenvalue weighted by molar-refractivity contribution is -0.387. The van der Waals surface area contributed by atoms with Gasteiger partial charge < -0.3 is 16.2 Å². The van der Waals surface area contributed by atoms with Crippen molar-refractivity contribution in [3.8, 4) is 0 Å². The molecule has 104 valence electrons. The van der Waals surface area contributed by atoms with Crippen molar-refractivity contribution in [3.63, 3.8) is 0 Å². The number of rotatable bonds is 6. The standard InChI is InChI=1S/C10H11F2N3O4/c11-6-2-7(12)8(15(18)19)1-5(6)3-14-4-9(16)10(13)17/h1-2,9,14,16H,3-4H2,(H2,13,17). The number of carbonyl (C=O) groups excluding carboxylic acids is 1. The van der Waals surface area contributed by atoms with Crippen molar-refractivity contribution in [2.75, 3.05) is 6.54 Å². The molecule has 7 nitrogen and oxygen atoms in total. The molecule has 0 aliphatic rings. The molecular weight excluding hydrogens is 264 g/mol. The number of hydrogen-bond acceptors (Lipinski definition) is 5. The maximum Gasteiger partial charge on any atom is 0.305 e. The van der Waals surface area contributed by atoms with Crippen LogP contribution in [0.25, 0.3) is 0 Å². The van der Waals surface area contributed by atoms with Crippen LogP contribution in [0.3, 0.4) is 0 Å². The van der Waals surface area contributed by atoms with Crippen LogP contribution in [0, 0.1) is 21.7 Å². The number of amides is 1. The Bertz CT molecular complexity index is 510. The van der Waals surface area contributed by atoms with Gasteiger partial charge in [0.1, 0.15) is 11.9 Å². The van der Waals surface area contributed by atoms with E-state index in [1.165, 1.54) is 0 Å². The van der Waals surface area contributed by atoms with E-state index in [2.05, 4.69) is 5.32 Å². The molecule has 0 aliphatic heterocycles. The maximum absolute atomic E-state index is 13.3. The number of nitro groups is 1. The molecule has 0 spiro atoms. The Morgan fingerprint density at radius 1 is 1.47 bits per heavy atom. The molecule has 0 heterocycles. The summed E-state index contributed by atoms with van der Waals surface area (Å²) in [6.07, 6.45) is -1.46. The summed E-state index contributed by atoms with van der Waals surface area (Å²) in [5.74, 6) is -3.20. The Labute approximate surface area is 106 Å². The van der Waals surface area contributed by atoms with Crippen LogP contribution in [0.2, 0.25) is 0 Å². The number of primary amides is 1. The molecule has 1 aromatic rings. The molecule has 0 saturated heterocycles. The fraction of sp³-hybridized carbons (Fsp3) is 0.300. The number of carbonyl (C=O) groups is 1. The SMILES string of the molecule is NC(=O)C(O)CNCc1cc([N+](=O)[O-])c(F)cc1F. The van der Waals surface area contributed by atoms with Gasteiger partial charge in [-0.3, -0.25) is 14.9 Å². The van der Waals surface area contributed by atoms with E-state index in [9.17, 15) is 23.7 Å². The summed E-state index contributed by atoms with van der Waals surface area (Å²) < 4.78 is 26.4. The number of hydrogen-bond donors (Lipinski definition) is 3. The second kappa shape index (κ2) is 6.16. The summed E-state index contributed by atoms with van der Waals surface area (Å²) in [5.41, 5.74) is 3.77. The minimum Gasteiger partial charge on any atom is -0.382 e. The quantitative estimate of drug-likeness (QED) is 0.491. The number of nitrogens with two attached hydrogens (primary N) is 1. The number of halogens is 2. The average molecular weight is 275 g/mol. The highest BCUT2D eigenvalue weighted by molar-refractivity contribution is 5.78.